The maximum absolute atomic E-state index is 14.8. The van der Waals surface area contributed by atoms with Crippen LogP contribution in [0, 0.1) is 25.5 Å². The van der Waals surface area contributed by atoms with E-state index in [2.05, 4.69) is 14.9 Å². The average molecular weight is 529 g/mol. The zero-order valence-corrected chi connectivity index (χ0v) is 19.6. The van der Waals surface area contributed by atoms with E-state index >= 15 is 0 Å². The monoisotopic (exact) mass is 529 g/mol. The predicted molar refractivity (Wildman–Crippen MR) is 125 cm³/mol. The maximum Gasteiger partial charge on any atom is 0.573 e. The zero-order chi connectivity index (χ0) is 27.4. The molecule has 0 unspecified atom stereocenters. The molecule has 0 atom stereocenters. The fourth-order valence-electron chi connectivity index (χ4n) is 4.30. The number of aromatic nitrogens is 3. The Labute approximate surface area is 210 Å². The van der Waals surface area contributed by atoms with Crippen molar-refractivity contribution in [3.05, 3.63) is 83.5 Å². The summed E-state index contributed by atoms with van der Waals surface area (Å²) in [6.45, 7) is 3.38. The first-order valence-corrected chi connectivity index (χ1v) is 11.0. The van der Waals surface area contributed by atoms with Gasteiger partial charge in [-0.25, -0.2) is 18.6 Å². The Morgan fingerprint density at radius 3 is 2.45 bits per heavy atom. The highest BCUT2D eigenvalue weighted by molar-refractivity contribution is 6.00. The third-order valence-corrected chi connectivity index (χ3v) is 5.88. The standard InChI is InChI=1S/C26H16F5N3O4/c1-12-23(13(2)38-33-12)15-7-18-19(17-5-3-14(25(35)36)8-22(17)37-26(29,30)31)11-34(24(18)32-10-15)21-6-4-16(27)9-20(21)28/h3-11H,1-2H3,(H,35,36). The highest BCUT2D eigenvalue weighted by Crippen LogP contribution is 2.41. The van der Waals surface area contributed by atoms with Crippen LogP contribution in [0.1, 0.15) is 21.8 Å². The molecule has 0 aliphatic rings. The molecule has 0 saturated carbocycles. The molecule has 0 aliphatic carbocycles. The summed E-state index contributed by atoms with van der Waals surface area (Å²) in [5.74, 6) is -3.51. The maximum atomic E-state index is 14.8. The molecule has 3 aromatic heterocycles. The first kappa shape index (κ1) is 24.9. The van der Waals surface area contributed by atoms with E-state index in [0.717, 1.165) is 24.3 Å². The molecule has 1 N–H and O–H groups in total. The lowest BCUT2D eigenvalue weighted by molar-refractivity contribution is -0.274. The van der Waals surface area contributed by atoms with Gasteiger partial charge >= 0.3 is 12.3 Å². The fourth-order valence-corrected chi connectivity index (χ4v) is 4.30. The number of hydrogen-bond donors (Lipinski definition) is 1. The molecule has 0 aliphatic heterocycles. The lowest BCUT2D eigenvalue weighted by Gasteiger charge is -2.14. The molecule has 0 spiro atoms. The van der Waals surface area contributed by atoms with Crippen LogP contribution in [0.4, 0.5) is 22.0 Å². The summed E-state index contributed by atoms with van der Waals surface area (Å²) in [5.41, 5.74) is 1.27. The highest BCUT2D eigenvalue weighted by Gasteiger charge is 2.33. The van der Waals surface area contributed by atoms with Crippen molar-refractivity contribution in [3.8, 4) is 33.7 Å². The molecule has 5 rings (SSSR count). The van der Waals surface area contributed by atoms with Crippen LogP contribution in [0.5, 0.6) is 5.75 Å². The number of aromatic carboxylic acids is 1. The summed E-state index contributed by atoms with van der Waals surface area (Å²) in [5, 5.41) is 13.5. The Hall–Kier alpha value is -4.74. The van der Waals surface area contributed by atoms with Gasteiger partial charge in [0.1, 0.15) is 28.8 Å². The SMILES string of the molecule is Cc1noc(C)c1-c1cnc2c(c1)c(-c1ccc(C(=O)O)cc1OC(F)(F)F)cn2-c1ccc(F)cc1F. The second kappa shape index (κ2) is 8.98. The van der Waals surface area contributed by atoms with Gasteiger partial charge in [0, 0.05) is 46.1 Å². The van der Waals surface area contributed by atoms with Gasteiger partial charge in [-0.2, -0.15) is 0 Å². The van der Waals surface area contributed by atoms with Gasteiger partial charge in [-0.15, -0.1) is 13.2 Å². The fraction of sp³-hybridized carbons (Fsp3) is 0.115. The topological polar surface area (TPSA) is 90.4 Å². The van der Waals surface area contributed by atoms with Crippen molar-refractivity contribution in [2.24, 2.45) is 0 Å². The quantitative estimate of drug-likeness (QED) is 0.251. The van der Waals surface area contributed by atoms with Gasteiger partial charge in [0.05, 0.1) is 16.9 Å². The van der Waals surface area contributed by atoms with Crippen molar-refractivity contribution in [3.63, 3.8) is 0 Å². The minimum atomic E-state index is -5.13. The molecule has 7 nitrogen and oxygen atoms in total. The van der Waals surface area contributed by atoms with Crippen molar-refractivity contribution >= 4 is 17.0 Å². The number of hydrogen-bond acceptors (Lipinski definition) is 5. The lowest BCUT2D eigenvalue weighted by Crippen LogP contribution is -2.18. The number of alkyl halides is 3. The van der Waals surface area contributed by atoms with Gasteiger partial charge in [-0.3, -0.25) is 4.57 Å². The van der Waals surface area contributed by atoms with Crippen molar-refractivity contribution in [1.82, 2.24) is 14.7 Å². The van der Waals surface area contributed by atoms with Crippen molar-refractivity contribution < 1.29 is 41.1 Å². The largest absolute Gasteiger partial charge is 0.573 e. The Morgan fingerprint density at radius 2 is 1.82 bits per heavy atom. The highest BCUT2D eigenvalue weighted by atomic mass is 19.4. The number of fused-ring (bicyclic) bond motifs is 1. The predicted octanol–water partition coefficient (Wildman–Crippen LogP) is 6.84. The number of halogens is 5. The molecular weight excluding hydrogens is 513 g/mol. The molecule has 38 heavy (non-hydrogen) atoms. The minimum absolute atomic E-state index is 0.110. The van der Waals surface area contributed by atoms with Crippen LogP contribution in [0.3, 0.4) is 0 Å². The second-order valence-corrected chi connectivity index (χ2v) is 8.37. The van der Waals surface area contributed by atoms with E-state index in [1.165, 1.54) is 23.0 Å². The van der Waals surface area contributed by atoms with Gasteiger partial charge in [-0.05, 0) is 50.2 Å². The number of nitrogens with zero attached hydrogens (tertiary/aromatic N) is 3. The van der Waals surface area contributed by atoms with Crippen LogP contribution in [0.25, 0.3) is 39.0 Å². The van der Waals surface area contributed by atoms with Gasteiger partial charge in [0.15, 0.2) is 0 Å². The Morgan fingerprint density at radius 1 is 1.05 bits per heavy atom. The second-order valence-electron chi connectivity index (χ2n) is 8.37. The smallest absolute Gasteiger partial charge is 0.478 e. The van der Waals surface area contributed by atoms with Crippen LogP contribution in [-0.4, -0.2) is 32.1 Å². The third kappa shape index (κ3) is 4.44. The Kier molecular flexibility index (Phi) is 5.89. The number of carbonyl (C=O) groups is 1. The molecule has 2 aromatic carbocycles. The van der Waals surface area contributed by atoms with Crippen LogP contribution in [0.15, 0.2) is 59.4 Å². The number of ether oxygens (including phenoxy) is 1. The molecule has 0 amide bonds. The van der Waals surface area contributed by atoms with Crippen LogP contribution in [0.2, 0.25) is 0 Å². The van der Waals surface area contributed by atoms with Crippen molar-refractivity contribution in [2.45, 2.75) is 20.2 Å². The van der Waals surface area contributed by atoms with Crippen LogP contribution in [-0.2, 0) is 0 Å². The number of rotatable bonds is 5. The third-order valence-electron chi connectivity index (χ3n) is 5.88. The summed E-state index contributed by atoms with van der Waals surface area (Å²) < 4.78 is 78.9. The summed E-state index contributed by atoms with van der Waals surface area (Å²) in [4.78, 5) is 15.9. The van der Waals surface area contributed by atoms with E-state index in [-0.39, 0.29) is 27.8 Å². The van der Waals surface area contributed by atoms with E-state index in [1.807, 2.05) is 0 Å². The van der Waals surface area contributed by atoms with Crippen LogP contribution < -0.4 is 4.74 Å². The van der Waals surface area contributed by atoms with Crippen LogP contribution >= 0.6 is 0 Å². The average Bonchev–Trinajstić information content (AvgIpc) is 3.37. The number of benzene rings is 2. The molecule has 0 saturated heterocycles. The Balaban J connectivity index is 1.83. The number of carboxylic acids is 1. The van der Waals surface area contributed by atoms with Gasteiger partial charge in [0.2, 0.25) is 0 Å². The number of aryl methyl sites for hydroxylation is 2. The first-order valence-electron chi connectivity index (χ1n) is 11.0. The van der Waals surface area contributed by atoms with Gasteiger partial charge in [-0.1, -0.05) is 5.16 Å². The van der Waals surface area contributed by atoms with E-state index in [9.17, 15) is 31.9 Å². The van der Waals surface area contributed by atoms with Crippen molar-refractivity contribution in [1.29, 1.82) is 0 Å². The molecule has 3 heterocycles. The molecule has 194 valence electrons. The summed E-state index contributed by atoms with van der Waals surface area (Å²) in [7, 11) is 0. The Bertz CT molecular complexity index is 1700. The number of pyridine rings is 1. The molecule has 0 radical (unpaired) electrons. The lowest BCUT2D eigenvalue weighted by atomic mass is 10.00. The first-order chi connectivity index (χ1) is 17.9. The van der Waals surface area contributed by atoms with Crippen molar-refractivity contribution in [2.75, 3.05) is 0 Å². The summed E-state index contributed by atoms with van der Waals surface area (Å²) in [6, 6.07) is 7.50. The molecular formula is C26H16F5N3O4. The molecule has 0 bridgehead atoms. The molecule has 0 fully saturated rings. The number of carboxylic acid groups (broad SMARTS) is 1. The van der Waals surface area contributed by atoms with E-state index < -0.39 is 35.3 Å². The molecule has 12 heteroatoms. The van der Waals surface area contributed by atoms with Gasteiger partial charge in [0.25, 0.3) is 0 Å². The normalized spacial score (nSPS) is 11.8. The minimum Gasteiger partial charge on any atom is -0.478 e. The van der Waals surface area contributed by atoms with E-state index in [1.54, 1.807) is 19.9 Å². The summed E-state index contributed by atoms with van der Waals surface area (Å²) >= 11 is 0. The van der Waals surface area contributed by atoms with E-state index in [0.29, 0.717) is 28.6 Å². The zero-order valence-electron chi connectivity index (χ0n) is 19.6. The molecule has 5 aromatic rings. The summed E-state index contributed by atoms with van der Waals surface area (Å²) in [6.07, 6.45) is -2.34. The van der Waals surface area contributed by atoms with Gasteiger partial charge < -0.3 is 14.4 Å². The van der Waals surface area contributed by atoms with E-state index in [4.69, 9.17) is 4.52 Å².